The third-order valence-electron chi connectivity index (χ3n) is 11.9. The fourth-order valence-electron chi connectivity index (χ4n) is 7.31. The number of hydrogen-bond acceptors (Lipinski definition) is 8. The molecule has 2 aliphatic heterocycles. The van der Waals surface area contributed by atoms with Crippen molar-refractivity contribution >= 4 is 64.6 Å². The van der Waals surface area contributed by atoms with Gasteiger partial charge in [0.05, 0.1) is 22.1 Å². The summed E-state index contributed by atoms with van der Waals surface area (Å²) in [7, 11) is -4.71. The van der Waals surface area contributed by atoms with Gasteiger partial charge in [-0.15, -0.1) is 0 Å². The second kappa shape index (κ2) is 18.2. The average Bonchev–Trinajstić information content (AvgIpc) is 3.62. The van der Waals surface area contributed by atoms with Crippen LogP contribution in [0.15, 0.2) is 24.4 Å². The second-order valence-corrected chi connectivity index (χ2v) is 38.6. The normalized spacial score (nSPS) is 19.3. The highest BCUT2D eigenvalue weighted by Gasteiger charge is 2.46. The summed E-state index contributed by atoms with van der Waals surface area (Å²) in [5.74, 6) is 0.652. The zero-order valence-corrected chi connectivity index (χ0v) is 43.0. The number of amides is 1. The van der Waals surface area contributed by atoms with Crippen molar-refractivity contribution in [1.82, 2.24) is 19.5 Å². The molecule has 1 aromatic carbocycles. The summed E-state index contributed by atoms with van der Waals surface area (Å²) in [6.07, 6.45) is 5.03. The highest BCUT2D eigenvalue weighted by Crippen LogP contribution is 2.46. The molecule has 5 rings (SSSR count). The van der Waals surface area contributed by atoms with E-state index in [9.17, 15) is 4.79 Å². The number of hydrogen-bond donors (Lipinski definition) is 0. The molecule has 3 atom stereocenters. The van der Waals surface area contributed by atoms with E-state index in [-0.39, 0.29) is 41.6 Å². The lowest BCUT2D eigenvalue weighted by molar-refractivity contribution is 0.00565. The molecule has 2 fully saturated rings. The standard InChI is InChI=1S/C43H71FIN5O5Si3/c1-42(2,3)55-41(51)49-33-17-18-34(49)24-32(23-33)38-37(45)40(48(28-52-19-21-56(7,8)9)29-53-20-22-57(10,11)12)50-39(47-38)35(26-46-50)30-15-16-31(36(44)25-30)27-54-58(13,14)43(4,5)6/h15-16,25-26,32-34H,17-24,27-29H2,1-14H3/t32?,33-,34+. The Morgan fingerprint density at radius 1 is 0.914 bits per heavy atom. The van der Waals surface area contributed by atoms with Crippen LogP contribution in [0, 0.1) is 9.39 Å². The van der Waals surface area contributed by atoms with Gasteiger partial charge < -0.3 is 28.4 Å². The Morgan fingerprint density at radius 3 is 1.98 bits per heavy atom. The lowest BCUT2D eigenvalue weighted by Crippen LogP contribution is -2.48. The molecule has 324 valence electrons. The van der Waals surface area contributed by atoms with E-state index in [0.29, 0.717) is 43.4 Å². The van der Waals surface area contributed by atoms with Crippen molar-refractivity contribution in [1.29, 1.82) is 0 Å². The van der Waals surface area contributed by atoms with Crippen molar-refractivity contribution in [3.05, 3.63) is 45.0 Å². The van der Waals surface area contributed by atoms with Crippen molar-refractivity contribution in [2.75, 3.05) is 31.6 Å². The molecular weight excluding hydrogens is 897 g/mol. The number of ether oxygens (including phenoxy) is 3. The molecule has 2 bridgehead atoms. The molecule has 0 spiro atoms. The predicted molar refractivity (Wildman–Crippen MR) is 250 cm³/mol. The largest absolute Gasteiger partial charge is 0.444 e. The molecule has 15 heteroatoms. The first-order valence-electron chi connectivity index (χ1n) is 21.2. The lowest BCUT2D eigenvalue weighted by atomic mass is 9.88. The Labute approximate surface area is 364 Å². The van der Waals surface area contributed by atoms with Gasteiger partial charge in [-0.2, -0.15) is 9.61 Å². The minimum Gasteiger partial charge on any atom is -0.444 e. The number of aromatic nitrogens is 3. The summed E-state index contributed by atoms with van der Waals surface area (Å²) in [6, 6.07) is 7.64. The highest BCUT2D eigenvalue weighted by molar-refractivity contribution is 14.1. The molecule has 2 saturated heterocycles. The van der Waals surface area contributed by atoms with E-state index in [0.717, 1.165) is 58.4 Å². The van der Waals surface area contributed by atoms with Crippen LogP contribution in [0.1, 0.15) is 84.4 Å². The molecule has 3 aromatic rings. The van der Waals surface area contributed by atoms with Crippen LogP contribution >= 0.6 is 22.6 Å². The lowest BCUT2D eigenvalue weighted by Gasteiger charge is -2.39. The van der Waals surface area contributed by atoms with Crippen molar-refractivity contribution in [3.8, 4) is 11.1 Å². The van der Waals surface area contributed by atoms with Crippen LogP contribution in [0.2, 0.25) is 69.5 Å². The summed E-state index contributed by atoms with van der Waals surface area (Å²) in [6.45, 7) is 33.1. The number of nitrogens with zero attached hydrogens (tertiary/aromatic N) is 5. The fraction of sp³-hybridized carbons (Fsp3) is 0.698. The molecule has 0 N–H and O–H groups in total. The molecule has 2 aromatic heterocycles. The van der Waals surface area contributed by atoms with Crippen LogP contribution in [0.3, 0.4) is 0 Å². The van der Waals surface area contributed by atoms with Gasteiger partial charge in [0.1, 0.15) is 24.9 Å². The second-order valence-electron chi connectivity index (χ2n) is 21.5. The van der Waals surface area contributed by atoms with Gasteiger partial charge >= 0.3 is 6.09 Å². The molecule has 10 nitrogen and oxygen atoms in total. The molecule has 0 aliphatic carbocycles. The third kappa shape index (κ3) is 11.9. The van der Waals surface area contributed by atoms with Gasteiger partial charge in [-0.05, 0) is 111 Å². The van der Waals surface area contributed by atoms with Crippen molar-refractivity contribution in [2.24, 2.45) is 0 Å². The molecule has 0 radical (unpaired) electrons. The number of carbonyl (C=O) groups is 1. The van der Waals surface area contributed by atoms with Gasteiger partial charge in [0.2, 0.25) is 0 Å². The first-order valence-corrected chi connectivity index (χ1v) is 32.6. The third-order valence-corrected chi connectivity index (χ3v) is 20.8. The number of halogens is 2. The van der Waals surface area contributed by atoms with Gasteiger partial charge in [-0.25, -0.2) is 14.2 Å². The van der Waals surface area contributed by atoms with E-state index >= 15 is 4.39 Å². The summed E-state index contributed by atoms with van der Waals surface area (Å²) in [5, 5.41) is 4.98. The van der Waals surface area contributed by atoms with Crippen LogP contribution in [-0.2, 0) is 25.2 Å². The molecule has 0 saturated carbocycles. The zero-order valence-electron chi connectivity index (χ0n) is 37.9. The van der Waals surface area contributed by atoms with Crippen molar-refractivity contribution in [3.63, 3.8) is 0 Å². The van der Waals surface area contributed by atoms with Crippen molar-refractivity contribution < 1.29 is 27.8 Å². The fourth-order valence-corrected chi connectivity index (χ4v) is 10.9. The van der Waals surface area contributed by atoms with Crippen LogP contribution in [-0.4, -0.2) is 94.4 Å². The van der Waals surface area contributed by atoms with E-state index < -0.39 is 30.1 Å². The topological polar surface area (TPSA) is 90.7 Å². The molecule has 2 aliphatic rings. The smallest absolute Gasteiger partial charge is 0.410 e. The number of benzene rings is 1. The van der Waals surface area contributed by atoms with Crippen LogP contribution < -0.4 is 4.90 Å². The minimum atomic E-state index is -2.07. The van der Waals surface area contributed by atoms with E-state index in [2.05, 4.69) is 101 Å². The Morgan fingerprint density at radius 2 is 1.48 bits per heavy atom. The summed E-state index contributed by atoms with van der Waals surface area (Å²) in [5.41, 5.74) is 3.07. The molecule has 1 amide bonds. The van der Waals surface area contributed by atoms with Gasteiger partial charge in [-0.3, -0.25) is 0 Å². The summed E-state index contributed by atoms with van der Waals surface area (Å²) >= 11 is 2.44. The number of piperidine rings is 1. The number of anilines is 1. The summed E-state index contributed by atoms with van der Waals surface area (Å²) < 4.78 is 44.0. The van der Waals surface area contributed by atoms with Crippen LogP contribution in [0.25, 0.3) is 16.8 Å². The summed E-state index contributed by atoms with van der Waals surface area (Å²) in [4.78, 5) is 23.0. The van der Waals surface area contributed by atoms with Crippen molar-refractivity contribution in [2.45, 2.75) is 167 Å². The van der Waals surface area contributed by atoms with Gasteiger partial charge in [0, 0.05) is 58.5 Å². The molecule has 4 heterocycles. The maximum absolute atomic E-state index is 16.0. The Kier molecular flexibility index (Phi) is 14.8. The number of rotatable bonds is 16. The predicted octanol–water partition coefficient (Wildman–Crippen LogP) is 11.7. The van der Waals surface area contributed by atoms with E-state index in [1.807, 2.05) is 42.3 Å². The maximum atomic E-state index is 16.0. The quantitative estimate of drug-likeness (QED) is 0.0607. The molecular formula is C43H71FIN5O5Si3. The SMILES string of the molecule is CC(C)(C)OC(=O)N1[C@@H]2CC[C@H]1CC(c1nc3c(-c4ccc(CO[Si](C)(C)C(C)(C)C)c(F)c4)cnn3c(N(COCC[Si](C)(C)C)COCC[Si](C)(C)C)c1I)C2. The van der Waals surface area contributed by atoms with Gasteiger partial charge in [-0.1, -0.05) is 72.2 Å². The number of fused-ring (bicyclic) bond motifs is 3. The maximum Gasteiger partial charge on any atom is 0.410 e. The van der Waals surface area contributed by atoms with E-state index in [4.69, 9.17) is 28.7 Å². The van der Waals surface area contributed by atoms with Gasteiger partial charge in [0.15, 0.2) is 19.8 Å². The Balaban J connectivity index is 1.56. The zero-order chi connectivity index (χ0) is 43.0. The minimum absolute atomic E-state index is 0.0254. The van der Waals surface area contributed by atoms with Crippen LogP contribution in [0.4, 0.5) is 15.0 Å². The molecule has 1 unspecified atom stereocenters. The van der Waals surface area contributed by atoms with E-state index in [1.165, 1.54) is 0 Å². The van der Waals surface area contributed by atoms with E-state index in [1.54, 1.807) is 12.3 Å². The average molecular weight is 968 g/mol. The highest BCUT2D eigenvalue weighted by atomic mass is 127. The van der Waals surface area contributed by atoms with Gasteiger partial charge in [0.25, 0.3) is 0 Å². The Bertz CT molecular complexity index is 1870. The molecule has 58 heavy (non-hydrogen) atoms. The monoisotopic (exact) mass is 967 g/mol. The van der Waals surface area contributed by atoms with Crippen LogP contribution in [0.5, 0.6) is 0 Å². The Hall–Kier alpha value is -1.90. The first kappa shape index (κ1) is 47.2. The number of carbonyl (C=O) groups excluding carboxylic acids is 1. The first-order chi connectivity index (χ1) is 26.7.